The number of anilines is 1. The standard InChI is InChI=1S/C32H28N2O4S/c1-22-10-6-7-13-24(22)20-28(34-31(36)23-11-4-3-5-12-23)32(37)33-25-16-18-26(19-17-25)39-21-29(35)27-14-8-9-15-30(27)38-2/h3-20H,21H2,1-2H3,(H,33,37)(H,34,36)/b28-20-. The smallest absolute Gasteiger partial charge is 0.272 e. The molecule has 2 N–H and O–H groups in total. The highest BCUT2D eigenvalue weighted by atomic mass is 32.2. The molecule has 0 aliphatic carbocycles. The number of aryl methyl sites for hydroxylation is 1. The van der Waals surface area contributed by atoms with Crippen molar-refractivity contribution in [3.63, 3.8) is 0 Å². The van der Waals surface area contributed by atoms with Crippen molar-refractivity contribution in [3.05, 3.63) is 131 Å². The van der Waals surface area contributed by atoms with E-state index in [1.807, 2.05) is 61.5 Å². The lowest BCUT2D eigenvalue weighted by molar-refractivity contribution is -0.113. The first-order chi connectivity index (χ1) is 18.9. The lowest BCUT2D eigenvalue weighted by Crippen LogP contribution is -2.30. The van der Waals surface area contributed by atoms with Crippen LogP contribution in [0.1, 0.15) is 31.8 Å². The van der Waals surface area contributed by atoms with E-state index in [4.69, 9.17) is 4.74 Å². The summed E-state index contributed by atoms with van der Waals surface area (Å²) in [5.41, 5.74) is 3.47. The second-order valence-electron chi connectivity index (χ2n) is 8.63. The Balaban J connectivity index is 1.45. The van der Waals surface area contributed by atoms with Gasteiger partial charge in [-0.25, -0.2) is 0 Å². The number of ketones is 1. The minimum atomic E-state index is -0.450. The van der Waals surface area contributed by atoms with Crippen LogP contribution in [0.4, 0.5) is 5.69 Å². The van der Waals surface area contributed by atoms with E-state index >= 15 is 0 Å². The maximum Gasteiger partial charge on any atom is 0.272 e. The molecule has 39 heavy (non-hydrogen) atoms. The second-order valence-corrected chi connectivity index (χ2v) is 9.67. The Kier molecular flexibility index (Phi) is 9.32. The maximum atomic E-state index is 13.3. The van der Waals surface area contributed by atoms with E-state index in [0.717, 1.165) is 16.0 Å². The fourth-order valence-electron chi connectivity index (χ4n) is 3.78. The second kappa shape index (κ2) is 13.3. The number of methoxy groups -OCH3 is 1. The number of amides is 2. The van der Waals surface area contributed by atoms with Crippen molar-refractivity contribution < 1.29 is 19.1 Å². The number of benzene rings is 4. The van der Waals surface area contributed by atoms with Crippen molar-refractivity contribution in [1.29, 1.82) is 0 Å². The van der Waals surface area contributed by atoms with Gasteiger partial charge in [-0.15, -0.1) is 11.8 Å². The molecule has 4 aromatic rings. The van der Waals surface area contributed by atoms with Gasteiger partial charge in [-0.3, -0.25) is 14.4 Å². The minimum Gasteiger partial charge on any atom is -0.496 e. The van der Waals surface area contributed by atoms with Crippen LogP contribution < -0.4 is 15.4 Å². The third kappa shape index (κ3) is 7.46. The zero-order valence-electron chi connectivity index (χ0n) is 21.6. The number of hydrogen-bond donors (Lipinski definition) is 2. The van der Waals surface area contributed by atoms with Gasteiger partial charge in [-0.1, -0.05) is 54.6 Å². The fourth-order valence-corrected chi connectivity index (χ4v) is 4.56. The number of rotatable bonds is 10. The molecule has 0 spiro atoms. The number of thioether (sulfide) groups is 1. The first-order valence-electron chi connectivity index (χ1n) is 12.3. The van der Waals surface area contributed by atoms with Crippen molar-refractivity contribution >= 4 is 41.1 Å². The van der Waals surface area contributed by atoms with E-state index in [1.54, 1.807) is 61.7 Å². The summed E-state index contributed by atoms with van der Waals surface area (Å²) in [7, 11) is 1.54. The molecule has 0 radical (unpaired) electrons. The van der Waals surface area contributed by atoms with Crippen LogP contribution >= 0.6 is 11.8 Å². The molecule has 4 aromatic carbocycles. The van der Waals surface area contributed by atoms with Crippen molar-refractivity contribution in [3.8, 4) is 5.75 Å². The third-order valence-corrected chi connectivity index (χ3v) is 6.92. The van der Waals surface area contributed by atoms with Gasteiger partial charge >= 0.3 is 0 Å². The summed E-state index contributed by atoms with van der Waals surface area (Å²) in [4.78, 5) is 39.6. The topological polar surface area (TPSA) is 84.5 Å². The number of hydrogen-bond acceptors (Lipinski definition) is 5. The van der Waals surface area contributed by atoms with Crippen LogP contribution in [0, 0.1) is 6.92 Å². The molecular formula is C32H28N2O4S. The zero-order valence-corrected chi connectivity index (χ0v) is 22.5. The van der Waals surface area contributed by atoms with Crippen LogP contribution in [0.3, 0.4) is 0 Å². The lowest BCUT2D eigenvalue weighted by atomic mass is 10.1. The molecule has 6 nitrogen and oxygen atoms in total. The third-order valence-electron chi connectivity index (χ3n) is 5.91. The van der Waals surface area contributed by atoms with Gasteiger partial charge in [0.15, 0.2) is 5.78 Å². The Bertz CT molecular complexity index is 1500. The van der Waals surface area contributed by atoms with Gasteiger partial charge in [0, 0.05) is 16.1 Å². The van der Waals surface area contributed by atoms with Gasteiger partial charge in [0.05, 0.1) is 18.4 Å². The quantitative estimate of drug-likeness (QED) is 0.139. The average Bonchev–Trinajstić information content (AvgIpc) is 2.97. The molecule has 0 atom stereocenters. The normalized spacial score (nSPS) is 11.0. The largest absolute Gasteiger partial charge is 0.496 e. The van der Waals surface area contributed by atoms with Gasteiger partial charge in [0.1, 0.15) is 11.4 Å². The molecule has 0 unspecified atom stereocenters. The highest BCUT2D eigenvalue weighted by Gasteiger charge is 2.16. The van der Waals surface area contributed by atoms with Gasteiger partial charge in [-0.2, -0.15) is 0 Å². The molecule has 0 saturated heterocycles. The molecule has 2 amide bonds. The molecule has 0 fully saturated rings. The molecular weight excluding hydrogens is 508 g/mol. The predicted octanol–water partition coefficient (Wildman–Crippen LogP) is 6.39. The minimum absolute atomic E-state index is 0.0324. The van der Waals surface area contributed by atoms with E-state index < -0.39 is 5.91 Å². The number of nitrogens with one attached hydrogen (secondary N) is 2. The van der Waals surface area contributed by atoms with E-state index in [1.165, 1.54) is 11.8 Å². The highest BCUT2D eigenvalue weighted by molar-refractivity contribution is 8.00. The number of carbonyl (C=O) groups is 3. The van der Waals surface area contributed by atoms with Gasteiger partial charge in [0.25, 0.3) is 11.8 Å². The summed E-state index contributed by atoms with van der Waals surface area (Å²) in [6.07, 6.45) is 1.67. The van der Waals surface area contributed by atoms with E-state index in [2.05, 4.69) is 10.6 Å². The van der Waals surface area contributed by atoms with Crippen molar-refractivity contribution in [2.24, 2.45) is 0 Å². The Labute approximate surface area is 232 Å². The summed E-state index contributed by atoms with van der Waals surface area (Å²) in [5, 5.41) is 5.61. The number of Topliss-reactive ketones (excluding diaryl/α,β-unsaturated/α-hetero) is 1. The number of para-hydroxylation sites is 1. The lowest BCUT2D eigenvalue weighted by Gasteiger charge is -2.12. The van der Waals surface area contributed by atoms with Crippen LogP contribution in [-0.4, -0.2) is 30.5 Å². The van der Waals surface area contributed by atoms with E-state index in [-0.39, 0.29) is 23.1 Å². The molecule has 196 valence electrons. The highest BCUT2D eigenvalue weighted by Crippen LogP contribution is 2.25. The van der Waals surface area contributed by atoms with Crippen molar-refractivity contribution in [2.45, 2.75) is 11.8 Å². The van der Waals surface area contributed by atoms with Crippen LogP contribution in [0.2, 0.25) is 0 Å². The average molecular weight is 537 g/mol. The van der Waals surface area contributed by atoms with Crippen LogP contribution in [0.25, 0.3) is 6.08 Å². The van der Waals surface area contributed by atoms with Gasteiger partial charge < -0.3 is 15.4 Å². The summed E-state index contributed by atoms with van der Waals surface area (Å²) in [6.45, 7) is 1.94. The molecule has 0 bridgehead atoms. The predicted molar refractivity (Wildman–Crippen MR) is 156 cm³/mol. The molecule has 4 rings (SSSR count). The zero-order chi connectivity index (χ0) is 27.6. The van der Waals surface area contributed by atoms with E-state index in [9.17, 15) is 14.4 Å². The first-order valence-corrected chi connectivity index (χ1v) is 13.3. The number of carbonyl (C=O) groups excluding carboxylic acids is 3. The monoisotopic (exact) mass is 536 g/mol. The van der Waals surface area contributed by atoms with Gasteiger partial charge in [0.2, 0.25) is 0 Å². The van der Waals surface area contributed by atoms with Crippen molar-refractivity contribution in [2.75, 3.05) is 18.2 Å². The summed E-state index contributed by atoms with van der Waals surface area (Å²) >= 11 is 1.40. The van der Waals surface area contributed by atoms with Gasteiger partial charge in [-0.05, 0) is 72.7 Å². The van der Waals surface area contributed by atoms with Crippen LogP contribution in [0.5, 0.6) is 5.75 Å². The Morgan fingerprint density at radius 3 is 2.21 bits per heavy atom. The Morgan fingerprint density at radius 1 is 0.821 bits per heavy atom. The van der Waals surface area contributed by atoms with Crippen LogP contribution in [0.15, 0.2) is 114 Å². The van der Waals surface area contributed by atoms with Crippen LogP contribution in [-0.2, 0) is 4.79 Å². The van der Waals surface area contributed by atoms with Crippen molar-refractivity contribution in [1.82, 2.24) is 5.32 Å². The molecule has 0 saturated carbocycles. The fraction of sp³-hybridized carbons (Fsp3) is 0.0938. The molecule has 0 aliphatic heterocycles. The number of ether oxygens (including phenoxy) is 1. The SMILES string of the molecule is COc1ccccc1C(=O)CSc1ccc(NC(=O)/C(=C/c2ccccc2C)NC(=O)c2ccccc2)cc1. The summed E-state index contributed by atoms with van der Waals surface area (Å²) < 4.78 is 5.28. The summed E-state index contributed by atoms with van der Waals surface area (Å²) in [5.74, 6) is -0.0580. The Hall–Kier alpha value is -4.62. The molecule has 0 heterocycles. The Morgan fingerprint density at radius 2 is 1.49 bits per heavy atom. The molecule has 7 heteroatoms. The first kappa shape index (κ1) is 27.4. The summed E-state index contributed by atoms with van der Waals surface area (Å²) in [6, 6.07) is 30.7. The molecule has 0 aliphatic rings. The molecule has 0 aromatic heterocycles. The van der Waals surface area contributed by atoms with E-state index in [0.29, 0.717) is 22.6 Å². The maximum absolute atomic E-state index is 13.3.